The van der Waals surface area contributed by atoms with Crippen LogP contribution in [0.5, 0.6) is 0 Å². The standard InChI is InChI=1S/C16H12ClF3N2O3/c17-9-3-1-8(2-4-9)12(23)10-7-15(16(18,19)20)13-11(25-14(15)24)5-6-21-22(10)13/h1-4,6,10-11,13H,5,7H2/t10-,11-,13+,15-/m1/s1. The summed E-state index contributed by atoms with van der Waals surface area (Å²) in [4.78, 5) is 25.0. The number of esters is 1. The maximum absolute atomic E-state index is 13.8. The van der Waals surface area contributed by atoms with Crippen LogP contribution in [0.4, 0.5) is 13.2 Å². The predicted molar refractivity (Wildman–Crippen MR) is 81.3 cm³/mol. The first-order valence-electron chi connectivity index (χ1n) is 7.64. The van der Waals surface area contributed by atoms with Gasteiger partial charge < -0.3 is 4.74 Å². The van der Waals surface area contributed by atoms with Gasteiger partial charge in [0.2, 0.25) is 0 Å². The third-order valence-electron chi connectivity index (χ3n) is 5.09. The molecule has 3 aliphatic rings. The van der Waals surface area contributed by atoms with Crippen molar-refractivity contribution in [2.75, 3.05) is 0 Å². The van der Waals surface area contributed by atoms with Crippen LogP contribution in [0.25, 0.3) is 0 Å². The average Bonchev–Trinajstić information content (AvgIpc) is 3.06. The first kappa shape index (κ1) is 16.4. The van der Waals surface area contributed by atoms with Crippen LogP contribution in [-0.2, 0) is 9.53 Å². The van der Waals surface area contributed by atoms with Crippen molar-refractivity contribution in [3.8, 4) is 0 Å². The number of hydrogen-bond acceptors (Lipinski definition) is 5. The molecule has 25 heavy (non-hydrogen) atoms. The number of ether oxygens (including phenoxy) is 1. The Kier molecular flexibility index (Phi) is 3.41. The molecule has 1 aromatic carbocycles. The van der Waals surface area contributed by atoms with E-state index >= 15 is 0 Å². The van der Waals surface area contributed by atoms with Gasteiger partial charge in [-0.2, -0.15) is 18.3 Å². The monoisotopic (exact) mass is 372 g/mol. The number of rotatable bonds is 2. The van der Waals surface area contributed by atoms with Gasteiger partial charge in [0.1, 0.15) is 18.2 Å². The molecule has 3 aliphatic heterocycles. The maximum Gasteiger partial charge on any atom is 0.407 e. The summed E-state index contributed by atoms with van der Waals surface area (Å²) in [6, 6.07) is 3.37. The highest BCUT2D eigenvalue weighted by Gasteiger charge is 2.78. The summed E-state index contributed by atoms with van der Waals surface area (Å²) in [5, 5.41) is 5.51. The van der Waals surface area contributed by atoms with E-state index < -0.39 is 48.0 Å². The van der Waals surface area contributed by atoms with Crippen LogP contribution in [0.3, 0.4) is 0 Å². The van der Waals surface area contributed by atoms with Gasteiger partial charge in [-0.05, 0) is 24.3 Å². The average molecular weight is 373 g/mol. The molecule has 4 atom stereocenters. The van der Waals surface area contributed by atoms with E-state index in [9.17, 15) is 22.8 Å². The van der Waals surface area contributed by atoms with Gasteiger partial charge in [0.05, 0.1) is 0 Å². The van der Waals surface area contributed by atoms with Gasteiger partial charge in [0.15, 0.2) is 11.2 Å². The lowest BCUT2D eigenvalue weighted by Crippen LogP contribution is -2.52. The summed E-state index contributed by atoms with van der Waals surface area (Å²) in [6.07, 6.45) is -4.99. The molecule has 5 nitrogen and oxygen atoms in total. The fourth-order valence-corrected chi connectivity index (χ4v) is 4.06. The van der Waals surface area contributed by atoms with Gasteiger partial charge in [0.25, 0.3) is 0 Å². The van der Waals surface area contributed by atoms with E-state index in [-0.39, 0.29) is 12.0 Å². The number of hydrazone groups is 1. The van der Waals surface area contributed by atoms with E-state index in [1.54, 1.807) is 0 Å². The molecule has 2 fully saturated rings. The third kappa shape index (κ3) is 2.13. The smallest absolute Gasteiger partial charge is 0.407 e. The Morgan fingerprint density at radius 3 is 2.64 bits per heavy atom. The Hall–Kier alpha value is -2.09. The highest BCUT2D eigenvalue weighted by atomic mass is 35.5. The molecule has 2 saturated heterocycles. The van der Waals surface area contributed by atoms with E-state index in [4.69, 9.17) is 16.3 Å². The highest BCUT2D eigenvalue weighted by Crippen LogP contribution is 2.58. The molecule has 0 N–H and O–H groups in total. The second kappa shape index (κ2) is 5.20. The van der Waals surface area contributed by atoms with Crippen LogP contribution in [0, 0.1) is 5.41 Å². The summed E-state index contributed by atoms with van der Waals surface area (Å²) >= 11 is 5.78. The van der Waals surface area contributed by atoms with Gasteiger partial charge in [-0.1, -0.05) is 11.6 Å². The molecule has 0 aromatic heterocycles. The molecule has 0 saturated carbocycles. The molecule has 0 bridgehead atoms. The normalized spacial score (nSPS) is 33.4. The van der Waals surface area contributed by atoms with Gasteiger partial charge in [-0.25, -0.2) is 0 Å². The number of benzene rings is 1. The van der Waals surface area contributed by atoms with Crippen molar-refractivity contribution in [3.63, 3.8) is 0 Å². The lowest BCUT2D eigenvalue weighted by Gasteiger charge is -2.33. The lowest BCUT2D eigenvalue weighted by atomic mass is 9.77. The molecular formula is C16H12ClF3N2O3. The predicted octanol–water partition coefficient (Wildman–Crippen LogP) is 2.83. The molecule has 132 valence electrons. The number of ketones is 1. The maximum atomic E-state index is 13.8. The van der Waals surface area contributed by atoms with Crippen LogP contribution in [-0.4, -0.2) is 47.3 Å². The van der Waals surface area contributed by atoms with Gasteiger partial charge in [-0.3, -0.25) is 14.6 Å². The fourth-order valence-electron chi connectivity index (χ4n) is 3.93. The van der Waals surface area contributed by atoms with E-state index in [1.165, 1.54) is 30.5 Å². The van der Waals surface area contributed by atoms with Crippen molar-refractivity contribution in [1.29, 1.82) is 0 Å². The van der Waals surface area contributed by atoms with E-state index in [2.05, 4.69) is 5.10 Å². The molecule has 1 aromatic rings. The van der Waals surface area contributed by atoms with Gasteiger partial charge >= 0.3 is 12.1 Å². The Morgan fingerprint density at radius 1 is 1.32 bits per heavy atom. The zero-order valence-electron chi connectivity index (χ0n) is 12.7. The van der Waals surface area contributed by atoms with Crippen LogP contribution >= 0.6 is 11.6 Å². The first-order valence-corrected chi connectivity index (χ1v) is 8.02. The van der Waals surface area contributed by atoms with Crippen molar-refractivity contribution in [2.24, 2.45) is 10.5 Å². The topological polar surface area (TPSA) is 59.0 Å². The van der Waals surface area contributed by atoms with Crippen molar-refractivity contribution < 1.29 is 27.5 Å². The molecule has 4 rings (SSSR count). The summed E-state index contributed by atoms with van der Waals surface area (Å²) in [7, 11) is 0. The van der Waals surface area contributed by atoms with Gasteiger partial charge in [-0.15, -0.1) is 0 Å². The first-order chi connectivity index (χ1) is 11.8. The summed E-state index contributed by atoms with van der Waals surface area (Å²) < 4.78 is 46.5. The fraction of sp³-hybridized carbons (Fsp3) is 0.438. The van der Waals surface area contributed by atoms with E-state index in [0.717, 1.165) is 5.01 Å². The Bertz CT molecular complexity index is 780. The largest absolute Gasteiger partial charge is 0.459 e. The minimum Gasteiger partial charge on any atom is -0.459 e. The van der Waals surface area contributed by atoms with Crippen LogP contribution in [0.2, 0.25) is 5.02 Å². The zero-order valence-corrected chi connectivity index (χ0v) is 13.4. The van der Waals surface area contributed by atoms with Crippen molar-refractivity contribution in [1.82, 2.24) is 5.01 Å². The number of carbonyl (C=O) groups excluding carboxylic acids is 2. The number of halogens is 4. The van der Waals surface area contributed by atoms with Crippen molar-refractivity contribution in [2.45, 2.75) is 37.2 Å². The summed E-state index contributed by atoms with van der Waals surface area (Å²) in [5.74, 6) is -1.85. The minimum absolute atomic E-state index is 0.104. The number of hydrogen-bond donors (Lipinski definition) is 0. The van der Waals surface area contributed by atoms with Gasteiger partial charge in [0, 0.05) is 29.6 Å². The molecule has 0 radical (unpaired) electrons. The number of alkyl halides is 3. The highest BCUT2D eigenvalue weighted by molar-refractivity contribution is 6.30. The summed E-state index contributed by atoms with van der Waals surface area (Å²) in [6.45, 7) is 0. The number of nitrogens with zero attached hydrogens (tertiary/aromatic N) is 2. The van der Waals surface area contributed by atoms with Crippen molar-refractivity contribution >= 4 is 29.6 Å². The second-order valence-corrected chi connectivity index (χ2v) is 6.80. The number of carbonyl (C=O) groups is 2. The summed E-state index contributed by atoms with van der Waals surface area (Å²) in [5.41, 5.74) is -2.50. The molecular weight excluding hydrogens is 361 g/mol. The Balaban J connectivity index is 1.77. The zero-order chi connectivity index (χ0) is 18.0. The minimum atomic E-state index is -4.83. The van der Waals surface area contributed by atoms with E-state index in [0.29, 0.717) is 5.02 Å². The molecule has 0 spiro atoms. The lowest BCUT2D eigenvalue weighted by molar-refractivity contribution is -0.224. The Morgan fingerprint density at radius 2 is 2.00 bits per heavy atom. The Labute approximate surface area is 145 Å². The molecule has 0 aliphatic carbocycles. The van der Waals surface area contributed by atoms with Crippen LogP contribution < -0.4 is 0 Å². The molecule has 3 heterocycles. The second-order valence-electron chi connectivity index (χ2n) is 6.36. The van der Waals surface area contributed by atoms with Crippen molar-refractivity contribution in [3.05, 3.63) is 34.9 Å². The van der Waals surface area contributed by atoms with E-state index in [1.807, 2.05) is 0 Å². The molecule has 9 heteroatoms. The molecule has 0 unspecified atom stereocenters. The quantitative estimate of drug-likeness (QED) is 0.591. The van der Waals surface area contributed by atoms with Crippen LogP contribution in [0.1, 0.15) is 23.2 Å². The molecule has 0 amide bonds. The van der Waals surface area contributed by atoms with Crippen LogP contribution in [0.15, 0.2) is 29.4 Å². The number of Topliss-reactive ketones (excluding diaryl/α,β-unsaturated/α-hetero) is 1. The SMILES string of the molecule is O=C(c1ccc(Cl)cc1)[C@H]1C[C@]2(C(F)(F)F)C(=O)O[C@@H]3CC=NN1[C@@H]32. The third-order valence-corrected chi connectivity index (χ3v) is 5.34.